The average molecular weight is 547 g/mol. The molecule has 0 unspecified atom stereocenters. The number of alkyl halides is 3. The minimum Gasteiger partial charge on any atom is -0.475 e. The number of fused-ring (bicyclic) bond motifs is 2. The molecule has 11 heteroatoms. The number of imidazole rings is 1. The van der Waals surface area contributed by atoms with E-state index in [9.17, 15) is 18.0 Å². The number of likely N-dealkylation sites (tertiary alicyclic amines) is 1. The number of hydrogen-bond acceptors (Lipinski definition) is 5. The van der Waals surface area contributed by atoms with Gasteiger partial charge in [-0.2, -0.15) is 13.2 Å². The molecule has 3 aromatic rings. The molecule has 1 spiro atoms. The van der Waals surface area contributed by atoms with Crippen molar-refractivity contribution >= 4 is 11.9 Å². The summed E-state index contributed by atoms with van der Waals surface area (Å²) in [6.07, 6.45) is 0.0635. The number of furan rings is 1. The second-order valence-electron chi connectivity index (χ2n) is 10.4. The number of nitrogens with zero attached hydrogens (tertiary/aromatic N) is 4. The molecule has 5 rings (SSSR count). The molecular weight excluding hydrogens is 513 g/mol. The van der Waals surface area contributed by atoms with Crippen LogP contribution in [0.5, 0.6) is 0 Å². The highest BCUT2D eigenvalue weighted by atomic mass is 19.4. The number of aryl methyl sites for hydroxylation is 1. The molecule has 39 heavy (non-hydrogen) atoms. The van der Waals surface area contributed by atoms with Crippen molar-refractivity contribution < 1.29 is 32.3 Å². The number of carbonyl (C=O) groups excluding carboxylic acids is 1. The van der Waals surface area contributed by atoms with E-state index in [4.69, 9.17) is 19.3 Å². The van der Waals surface area contributed by atoms with Crippen molar-refractivity contribution in [2.45, 2.75) is 64.3 Å². The summed E-state index contributed by atoms with van der Waals surface area (Å²) < 4.78 is 39.3. The molecule has 1 fully saturated rings. The van der Waals surface area contributed by atoms with Gasteiger partial charge in [-0.1, -0.05) is 30.3 Å². The third-order valence-corrected chi connectivity index (χ3v) is 7.40. The first kappa shape index (κ1) is 28.4. The van der Waals surface area contributed by atoms with E-state index >= 15 is 0 Å². The number of hydrogen-bond donors (Lipinski definition) is 1. The zero-order chi connectivity index (χ0) is 28.4. The number of aromatic nitrogens is 2. The first-order valence-corrected chi connectivity index (χ1v) is 12.9. The molecule has 210 valence electrons. The Bertz CT molecular complexity index is 1280. The monoisotopic (exact) mass is 546 g/mol. The number of carboxylic acid groups (broad SMARTS) is 1. The molecule has 0 aliphatic carbocycles. The number of amides is 1. The second-order valence-corrected chi connectivity index (χ2v) is 10.4. The maximum atomic E-state index is 13.3. The molecule has 2 aromatic heterocycles. The third kappa shape index (κ3) is 6.19. The predicted octanol–water partition coefficient (Wildman–Crippen LogP) is 5.19. The first-order valence-electron chi connectivity index (χ1n) is 12.9. The lowest BCUT2D eigenvalue weighted by Gasteiger charge is -2.47. The van der Waals surface area contributed by atoms with Gasteiger partial charge in [-0.3, -0.25) is 9.69 Å². The molecule has 0 bridgehead atoms. The molecule has 2 aliphatic rings. The summed E-state index contributed by atoms with van der Waals surface area (Å²) >= 11 is 0. The highest BCUT2D eigenvalue weighted by Gasteiger charge is 2.46. The fourth-order valence-corrected chi connectivity index (χ4v) is 5.62. The Morgan fingerprint density at radius 2 is 1.77 bits per heavy atom. The Labute approximate surface area is 225 Å². The van der Waals surface area contributed by atoms with Crippen molar-refractivity contribution in [1.29, 1.82) is 0 Å². The van der Waals surface area contributed by atoms with Gasteiger partial charge in [0.1, 0.15) is 12.1 Å². The molecule has 1 N–H and O–H groups in total. The van der Waals surface area contributed by atoms with Crippen LogP contribution in [0.15, 0.2) is 53.3 Å². The SMILES string of the molecule is Cc1nc2c(n1C(C)C)CN(C(=O)c1ccoc1)CC21CCN(Cc2ccccc2)CC1.O=C(O)C(F)(F)F. The van der Waals surface area contributed by atoms with E-state index in [0.29, 0.717) is 18.2 Å². The normalized spacial score (nSPS) is 17.1. The van der Waals surface area contributed by atoms with Gasteiger partial charge in [0.05, 0.1) is 29.8 Å². The van der Waals surface area contributed by atoms with Crippen LogP contribution in [0.25, 0.3) is 0 Å². The molecule has 0 radical (unpaired) electrons. The lowest BCUT2D eigenvalue weighted by molar-refractivity contribution is -0.192. The number of carboxylic acids is 1. The number of rotatable bonds is 4. The van der Waals surface area contributed by atoms with Crippen molar-refractivity contribution in [2.75, 3.05) is 19.6 Å². The van der Waals surface area contributed by atoms with Crippen LogP contribution in [0.2, 0.25) is 0 Å². The maximum Gasteiger partial charge on any atom is 0.490 e. The van der Waals surface area contributed by atoms with Crippen molar-refractivity contribution in [2.24, 2.45) is 0 Å². The highest BCUT2D eigenvalue weighted by Crippen LogP contribution is 2.43. The van der Waals surface area contributed by atoms with Crippen LogP contribution in [0.4, 0.5) is 13.2 Å². The van der Waals surface area contributed by atoms with Crippen molar-refractivity contribution in [1.82, 2.24) is 19.4 Å². The van der Waals surface area contributed by atoms with E-state index in [1.54, 1.807) is 18.6 Å². The molecular formula is C28H33F3N4O4. The van der Waals surface area contributed by atoms with Crippen LogP contribution in [0, 0.1) is 6.92 Å². The smallest absolute Gasteiger partial charge is 0.475 e. The van der Waals surface area contributed by atoms with Crippen molar-refractivity contribution in [3.05, 3.63) is 77.3 Å². The second kappa shape index (κ2) is 11.3. The zero-order valence-corrected chi connectivity index (χ0v) is 22.2. The van der Waals surface area contributed by atoms with Gasteiger partial charge in [0, 0.05) is 24.5 Å². The van der Waals surface area contributed by atoms with Crippen molar-refractivity contribution in [3.8, 4) is 0 Å². The van der Waals surface area contributed by atoms with Gasteiger partial charge in [0.15, 0.2) is 0 Å². The van der Waals surface area contributed by atoms with E-state index in [2.05, 4.69) is 60.6 Å². The molecule has 4 heterocycles. The maximum absolute atomic E-state index is 13.3. The fourth-order valence-electron chi connectivity index (χ4n) is 5.62. The van der Waals surface area contributed by atoms with Gasteiger partial charge in [0.25, 0.3) is 5.91 Å². The number of piperidine rings is 1. The Balaban J connectivity index is 0.000000448. The summed E-state index contributed by atoms with van der Waals surface area (Å²) in [5, 5.41) is 7.12. The van der Waals surface area contributed by atoms with Crippen LogP contribution >= 0.6 is 0 Å². The summed E-state index contributed by atoms with van der Waals surface area (Å²) in [4.78, 5) is 31.9. The first-order chi connectivity index (χ1) is 18.4. The average Bonchev–Trinajstić information content (AvgIpc) is 3.54. The van der Waals surface area contributed by atoms with Crippen LogP contribution in [0.1, 0.15) is 65.9 Å². The predicted molar refractivity (Wildman–Crippen MR) is 137 cm³/mol. The standard InChI is InChI=1S/C26H32N4O2.C2HF3O2/c1-19(2)30-20(3)27-24-23(30)16-29(25(31)22-9-14-32-17-22)18-26(24)10-12-28(13-11-26)15-21-7-5-4-6-8-21;3-2(4,5)1(6)7/h4-9,14,17,19H,10-13,15-16,18H2,1-3H3;(H,6,7). The summed E-state index contributed by atoms with van der Waals surface area (Å²) in [7, 11) is 0. The summed E-state index contributed by atoms with van der Waals surface area (Å²) in [6.45, 7) is 10.8. The van der Waals surface area contributed by atoms with Crippen LogP contribution in [-0.2, 0) is 23.3 Å². The van der Waals surface area contributed by atoms with Gasteiger partial charge in [-0.25, -0.2) is 9.78 Å². The van der Waals surface area contributed by atoms with E-state index in [0.717, 1.165) is 44.8 Å². The minimum atomic E-state index is -5.08. The van der Waals surface area contributed by atoms with Crippen molar-refractivity contribution in [3.63, 3.8) is 0 Å². The van der Waals surface area contributed by atoms with E-state index < -0.39 is 12.1 Å². The van der Waals surface area contributed by atoms with Crippen LogP contribution < -0.4 is 0 Å². The number of aliphatic carboxylic acids is 1. The molecule has 1 aromatic carbocycles. The molecule has 0 atom stereocenters. The van der Waals surface area contributed by atoms with Gasteiger partial charge in [-0.15, -0.1) is 0 Å². The Morgan fingerprint density at radius 1 is 1.13 bits per heavy atom. The van der Waals surface area contributed by atoms with Gasteiger partial charge >= 0.3 is 12.1 Å². The zero-order valence-electron chi connectivity index (χ0n) is 22.2. The molecule has 0 saturated carbocycles. The summed E-state index contributed by atoms with van der Waals surface area (Å²) in [5.41, 5.74) is 4.31. The Morgan fingerprint density at radius 3 is 2.31 bits per heavy atom. The minimum absolute atomic E-state index is 0.0460. The molecule has 1 amide bonds. The largest absolute Gasteiger partial charge is 0.490 e. The lowest BCUT2D eigenvalue weighted by Crippen LogP contribution is -2.53. The fraction of sp³-hybridized carbons (Fsp3) is 0.464. The van der Waals surface area contributed by atoms with E-state index in [-0.39, 0.29) is 11.3 Å². The number of halogens is 3. The van der Waals surface area contributed by atoms with Gasteiger partial charge < -0.3 is 19.0 Å². The molecule has 2 aliphatic heterocycles. The van der Waals surface area contributed by atoms with Crippen LogP contribution in [-0.4, -0.2) is 62.1 Å². The summed E-state index contributed by atoms with van der Waals surface area (Å²) in [5.74, 6) is -1.66. The van der Waals surface area contributed by atoms with Gasteiger partial charge in [0.2, 0.25) is 0 Å². The quantitative estimate of drug-likeness (QED) is 0.485. The summed E-state index contributed by atoms with van der Waals surface area (Å²) in [6, 6.07) is 12.7. The third-order valence-electron chi connectivity index (χ3n) is 7.40. The van der Waals surface area contributed by atoms with E-state index in [1.807, 2.05) is 4.90 Å². The molecule has 1 saturated heterocycles. The highest BCUT2D eigenvalue weighted by molar-refractivity contribution is 5.94. The Hall–Kier alpha value is -3.60. The van der Waals surface area contributed by atoms with Crippen LogP contribution in [0.3, 0.4) is 0 Å². The topological polar surface area (TPSA) is 91.8 Å². The number of carbonyl (C=O) groups is 2. The van der Waals surface area contributed by atoms with Gasteiger partial charge in [-0.05, 0) is 58.3 Å². The van der Waals surface area contributed by atoms with E-state index in [1.165, 1.54) is 17.0 Å². The number of benzene rings is 1. The lowest BCUT2D eigenvalue weighted by atomic mass is 9.72. The Kier molecular flexibility index (Phi) is 8.20. The molecule has 8 nitrogen and oxygen atoms in total.